The van der Waals surface area contributed by atoms with Crippen LogP contribution in [0.2, 0.25) is 10.0 Å². The van der Waals surface area contributed by atoms with Crippen LogP contribution in [0.3, 0.4) is 0 Å². The average molecular weight is 563 g/mol. The lowest BCUT2D eigenvalue weighted by Gasteiger charge is -2.33. The SMILES string of the molecule is CCC(C(=O)NC)N(Cc1ccc(Cl)cc1)C(=O)CN(c1ccccc1C)S(=O)(=O)c1ccc(Cl)cc1. The lowest BCUT2D eigenvalue weighted by Crippen LogP contribution is -2.51. The Balaban J connectivity index is 2.06. The van der Waals surface area contributed by atoms with Gasteiger partial charge in [-0.15, -0.1) is 0 Å². The predicted molar refractivity (Wildman–Crippen MR) is 147 cm³/mol. The number of amides is 2. The largest absolute Gasteiger partial charge is 0.357 e. The van der Waals surface area contributed by atoms with Crippen LogP contribution in [0.5, 0.6) is 0 Å². The molecule has 0 saturated carbocycles. The minimum atomic E-state index is -4.15. The third-order valence-corrected chi connectivity index (χ3v) is 8.24. The molecule has 0 radical (unpaired) electrons. The topological polar surface area (TPSA) is 86.8 Å². The van der Waals surface area contributed by atoms with E-state index in [4.69, 9.17) is 23.2 Å². The summed E-state index contributed by atoms with van der Waals surface area (Å²) in [6.45, 7) is 3.17. The molecule has 196 valence electrons. The van der Waals surface area contributed by atoms with E-state index >= 15 is 0 Å². The number of para-hydroxylation sites is 1. The Kier molecular flexibility index (Phi) is 9.59. The van der Waals surface area contributed by atoms with Crippen molar-refractivity contribution in [3.05, 3.63) is 94.0 Å². The van der Waals surface area contributed by atoms with Crippen LogP contribution < -0.4 is 9.62 Å². The maximum absolute atomic E-state index is 13.9. The minimum Gasteiger partial charge on any atom is -0.357 e. The van der Waals surface area contributed by atoms with Crippen LogP contribution in [0, 0.1) is 6.92 Å². The van der Waals surface area contributed by atoms with Gasteiger partial charge in [0.15, 0.2) is 0 Å². The lowest BCUT2D eigenvalue weighted by atomic mass is 10.1. The molecule has 0 aromatic heterocycles. The summed E-state index contributed by atoms with van der Waals surface area (Å²) in [6, 6.07) is 18.8. The summed E-state index contributed by atoms with van der Waals surface area (Å²) in [5, 5.41) is 3.54. The van der Waals surface area contributed by atoms with Crippen molar-refractivity contribution in [2.24, 2.45) is 0 Å². The van der Waals surface area contributed by atoms with Gasteiger partial charge in [-0.25, -0.2) is 8.42 Å². The minimum absolute atomic E-state index is 0.00412. The molecular formula is C27H29Cl2N3O4S. The van der Waals surface area contributed by atoms with Crippen LogP contribution >= 0.6 is 23.2 Å². The third kappa shape index (κ3) is 6.83. The highest BCUT2D eigenvalue weighted by Gasteiger charge is 2.33. The Morgan fingerprint density at radius 1 is 0.919 bits per heavy atom. The molecule has 0 aliphatic heterocycles. The first-order valence-corrected chi connectivity index (χ1v) is 13.9. The Bertz CT molecular complexity index is 1350. The zero-order valence-electron chi connectivity index (χ0n) is 20.8. The summed E-state index contributed by atoms with van der Waals surface area (Å²) in [4.78, 5) is 28.0. The number of anilines is 1. The van der Waals surface area contributed by atoms with Crippen molar-refractivity contribution in [3.8, 4) is 0 Å². The number of rotatable bonds is 10. The van der Waals surface area contributed by atoms with Gasteiger partial charge in [0.05, 0.1) is 10.6 Å². The first-order chi connectivity index (χ1) is 17.6. The number of aryl methyl sites for hydroxylation is 1. The molecular weight excluding hydrogens is 533 g/mol. The number of hydrogen-bond acceptors (Lipinski definition) is 4. The molecule has 3 aromatic carbocycles. The van der Waals surface area contributed by atoms with E-state index in [1.54, 1.807) is 62.4 Å². The van der Waals surface area contributed by atoms with E-state index in [0.717, 1.165) is 9.87 Å². The molecule has 0 saturated heterocycles. The zero-order valence-corrected chi connectivity index (χ0v) is 23.1. The highest BCUT2D eigenvalue weighted by Crippen LogP contribution is 2.28. The number of sulfonamides is 1. The quantitative estimate of drug-likeness (QED) is 0.375. The second-order valence-electron chi connectivity index (χ2n) is 8.44. The van der Waals surface area contributed by atoms with Gasteiger partial charge in [-0.1, -0.05) is 60.5 Å². The molecule has 1 atom stereocenters. The van der Waals surface area contributed by atoms with E-state index in [1.165, 1.54) is 36.2 Å². The van der Waals surface area contributed by atoms with Gasteiger partial charge in [-0.2, -0.15) is 0 Å². The summed E-state index contributed by atoms with van der Waals surface area (Å²) in [5.41, 5.74) is 1.80. The fourth-order valence-corrected chi connectivity index (χ4v) is 5.69. The van der Waals surface area contributed by atoms with E-state index in [0.29, 0.717) is 27.7 Å². The molecule has 3 aromatic rings. The standard InChI is InChI=1S/C27H29Cl2N3O4S/c1-4-24(27(34)30-3)31(17-20-9-11-21(28)12-10-20)26(33)18-32(25-8-6-5-7-19(25)2)37(35,36)23-15-13-22(29)14-16-23/h5-16,24H,4,17-18H2,1-3H3,(H,30,34). The van der Waals surface area contributed by atoms with Crippen LogP contribution in [0.4, 0.5) is 5.69 Å². The molecule has 0 bridgehead atoms. The van der Waals surface area contributed by atoms with E-state index in [1.807, 2.05) is 0 Å². The first-order valence-electron chi connectivity index (χ1n) is 11.7. The van der Waals surface area contributed by atoms with Crippen molar-refractivity contribution in [1.82, 2.24) is 10.2 Å². The molecule has 1 N–H and O–H groups in total. The second kappa shape index (κ2) is 12.4. The number of likely N-dealkylation sites (N-methyl/N-ethyl adjacent to an activating group) is 1. The molecule has 2 amide bonds. The maximum atomic E-state index is 13.9. The number of carbonyl (C=O) groups excluding carboxylic acids is 2. The zero-order chi connectivity index (χ0) is 27.2. The van der Waals surface area contributed by atoms with Gasteiger partial charge < -0.3 is 10.2 Å². The summed E-state index contributed by atoms with van der Waals surface area (Å²) in [5.74, 6) is -0.862. The molecule has 10 heteroatoms. The van der Waals surface area contributed by atoms with Crippen LogP contribution in [0.15, 0.2) is 77.7 Å². The molecule has 0 fully saturated rings. The third-order valence-electron chi connectivity index (χ3n) is 5.96. The summed E-state index contributed by atoms with van der Waals surface area (Å²) < 4.78 is 28.7. The molecule has 37 heavy (non-hydrogen) atoms. The van der Waals surface area contributed by atoms with Crippen molar-refractivity contribution in [2.75, 3.05) is 17.9 Å². The van der Waals surface area contributed by atoms with Crippen LogP contribution in [-0.2, 0) is 26.2 Å². The van der Waals surface area contributed by atoms with Crippen molar-refractivity contribution >= 4 is 50.7 Å². The number of hydrogen-bond donors (Lipinski definition) is 1. The van der Waals surface area contributed by atoms with E-state index in [2.05, 4.69) is 5.32 Å². The Morgan fingerprint density at radius 2 is 1.49 bits per heavy atom. The van der Waals surface area contributed by atoms with Crippen molar-refractivity contribution in [2.45, 2.75) is 37.8 Å². The molecule has 1 unspecified atom stereocenters. The van der Waals surface area contributed by atoms with Gasteiger partial charge in [0.25, 0.3) is 10.0 Å². The van der Waals surface area contributed by atoms with Gasteiger partial charge >= 0.3 is 0 Å². The van der Waals surface area contributed by atoms with Crippen molar-refractivity contribution in [1.29, 1.82) is 0 Å². The monoisotopic (exact) mass is 561 g/mol. The van der Waals surface area contributed by atoms with Crippen molar-refractivity contribution < 1.29 is 18.0 Å². The summed E-state index contributed by atoms with van der Waals surface area (Å²) >= 11 is 12.0. The molecule has 0 aliphatic rings. The van der Waals surface area contributed by atoms with Gasteiger partial charge in [0.2, 0.25) is 11.8 Å². The number of nitrogens with zero attached hydrogens (tertiary/aromatic N) is 2. The van der Waals surface area contributed by atoms with Crippen LogP contribution in [0.25, 0.3) is 0 Å². The highest BCUT2D eigenvalue weighted by molar-refractivity contribution is 7.92. The average Bonchev–Trinajstić information content (AvgIpc) is 2.88. The molecule has 3 rings (SSSR count). The lowest BCUT2D eigenvalue weighted by molar-refractivity contribution is -0.140. The Labute approximate surface area is 228 Å². The summed E-state index contributed by atoms with van der Waals surface area (Å²) in [6.07, 6.45) is 0.341. The smallest absolute Gasteiger partial charge is 0.264 e. The van der Waals surface area contributed by atoms with Gasteiger partial charge in [-0.05, 0) is 66.9 Å². The van der Waals surface area contributed by atoms with Crippen LogP contribution in [0.1, 0.15) is 24.5 Å². The van der Waals surface area contributed by atoms with E-state index < -0.39 is 28.5 Å². The van der Waals surface area contributed by atoms with E-state index in [-0.39, 0.29) is 17.3 Å². The van der Waals surface area contributed by atoms with Gasteiger partial charge in [-0.3, -0.25) is 13.9 Å². The number of carbonyl (C=O) groups is 2. The molecule has 0 heterocycles. The first kappa shape index (κ1) is 28.5. The maximum Gasteiger partial charge on any atom is 0.264 e. The normalized spacial score (nSPS) is 12.0. The highest BCUT2D eigenvalue weighted by atomic mass is 35.5. The fraction of sp³-hybridized carbons (Fsp3) is 0.259. The Hall–Kier alpha value is -3.07. The molecule has 0 spiro atoms. The number of halogens is 2. The molecule has 7 nitrogen and oxygen atoms in total. The summed E-state index contributed by atoms with van der Waals surface area (Å²) in [7, 11) is -2.65. The number of nitrogens with one attached hydrogen (secondary N) is 1. The second-order valence-corrected chi connectivity index (χ2v) is 11.2. The van der Waals surface area contributed by atoms with Gasteiger partial charge in [0, 0.05) is 23.6 Å². The Morgan fingerprint density at radius 3 is 2.03 bits per heavy atom. The fourth-order valence-electron chi connectivity index (χ4n) is 3.96. The van der Waals surface area contributed by atoms with E-state index in [9.17, 15) is 18.0 Å². The van der Waals surface area contributed by atoms with Crippen molar-refractivity contribution in [3.63, 3.8) is 0 Å². The van der Waals surface area contributed by atoms with Gasteiger partial charge in [0.1, 0.15) is 12.6 Å². The predicted octanol–water partition coefficient (Wildman–Crippen LogP) is 5.05. The number of benzene rings is 3. The molecule has 0 aliphatic carbocycles. The van der Waals surface area contributed by atoms with Crippen LogP contribution in [-0.4, -0.2) is 44.8 Å².